The number of rotatable bonds is 3. The lowest BCUT2D eigenvalue weighted by molar-refractivity contribution is 0.438. The van der Waals surface area contributed by atoms with Gasteiger partial charge in [-0.1, -0.05) is 0 Å². The smallest absolute Gasteiger partial charge is 0.234 e. The normalized spacial score (nSPS) is 12.4. The molecule has 0 aliphatic heterocycles. The number of thiol groups is 1. The van der Waals surface area contributed by atoms with Crippen molar-refractivity contribution >= 4 is 12.6 Å². The predicted molar refractivity (Wildman–Crippen MR) is 44.4 cm³/mol. The number of hydrogen-bond acceptors (Lipinski definition) is 6. The Hall–Kier alpha value is -1.06. The molecule has 0 aromatic carbocycles. The van der Waals surface area contributed by atoms with E-state index < -0.39 is 0 Å². The van der Waals surface area contributed by atoms with Crippen LogP contribution in [0.2, 0.25) is 0 Å². The van der Waals surface area contributed by atoms with Crippen molar-refractivity contribution in [2.45, 2.75) is 12.5 Å². The zero-order valence-corrected chi connectivity index (χ0v) is 7.16. The van der Waals surface area contributed by atoms with E-state index in [4.69, 9.17) is 15.4 Å². The fourth-order valence-electron chi connectivity index (χ4n) is 0.634. The Labute approximate surface area is 75.0 Å². The van der Waals surface area contributed by atoms with Gasteiger partial charge in [0.2, 0.25) is 11.8 Å². The van der Waals surface area contributed by atoms with Crippen molar-refractivity contribution in [3.05, 3.63) is 11.8 Å². The van der Waals surface area contributed by atoms with Crippen molar-refractivity contribution in [1.29, 1.82) is 5.26 Å². The zero-order valence-electron chi connectivity index (χ0n) is 6.27. The molecule has 0 fully saturated rings. The number of aromatic nitrogens is 2. The molecule has 5 nitrogen and oxygen atoms in total. The molecular formula is C6H8N4OS. The summed E-state index contributed by atoms with van der Waals surface area (Å²) in [7, 11) is 0. The van der Waals surface area contributed by atoms with Gasteiger partial charge in [0.05, 0.1) is 12.1 Å². The largest absolute Gasteiger partial charge is 0.422 e. The standard InChI is InChI=1S/C6H8N4OS/c7-2-1-5-9-10-6(11-5)4(8)3-12/h4,12H,1,3,8H2/t4-/m0/s1. The first-order valence-electron chi connectivity index (χ1n) is 3.33. The third-order valence-electron chi connectivity index (χ3n) is 1.23. The van der Waals surface area contributed by atoms with E-state index in [0.717, 1.165) is 0 Å². The SMILES string of the molecule is N#CCc1nnc([C@@H](N)CS)o1. The van der Waals surface area contributed by atoms with E-state index in [2.05, 4.69) is 22.8 Å². The van der Waals surface area contributed by atoms with Gasteiger partial charge in [-0.3, -0.25) is 0 Å². The molecule has 0 saturated carbocycles. The molecule has 0 amide bonds. The molecule has 1 aromatic rings. The molecule has 0 spiro atoms. The summed E-state index contributed by atoms with van der Waals surface area (Å²) in [6, 6.07) is 1.54. The Balaban J connectivity index is 2.71. The van der Waals surface area contributed by atoms with E-state index in [1.807, 2.05) is 6.07 Å². The first-order valence-corrected chi connectivity index (χ1v) is 3.97. The first-order chi connectivity index (χ1) is 5.77. The van der Waals surface area contributed by atoms with Crippen LogP contribution in [0.25, 0.3) is 0 Å². The minimum Gasteiger partial charge on any atom is -0.422 e. The first kappa shape index (κ1) is 9.03. The highest BCUT2D eigenvalue weighted by Gasteiger charge is 2.11. The van der Waals surface area contributed by atoms with E-state index in [1.54, 1.807) is 0 Å². The van der Waals surface area contributed by atoms with Crippen LogP contribution in [0.4, 0.5) is 0 Å². The summed E-state index contributed by atoms with van der Waals surface area (Å²) in [5.41, 5.74) is 5.55. The molecule has 12 heavy (non-hydrogen) atoms. The Kier molecular flexibility index (Phi) is 3.08. The summed E-state index contributed by atoms with van der Waals surface area (Å²) in [5.74, 6) is 1.06. The van der Waals surface area contributed by atoms with Gasteiger partial charge in [0.15, 0.2) is 0 Å². The average molecular weight is 184 g/mol. The highest BCUT2D eigenvalue weighted by Crippen LogP contribution is 2.09. The summed E-state index contributed by atoms with van der Waals surface area (Å²) < 4.78 is 5.06. The molecule has 1 aromatic heterocycles. The van der Waals surface area contributed by atoms with Crippen LogP contribution < -0.4 is 5.73 Å². The topological polar surface area (TPSA) is 88.7 Å². The third kappa shape index (κ3) is 1.96. The fourth-order valence-corrected chi connectivity index (χ4v) is 0.790. The molecule has 0 radical (unpaired) electrons. The van der Waals surface area contributed by atoms with E-state index in [9.17, 15) is 0 Å². The average Bonchev–Trinajstić information content (AvgIpc) is 2.52. The van der Waals surface area contributed by atoms with Crippen molar-refractivity contribution in [3.8, 4) is 6.07 Å². The lowest BCUT2D eigenvalue weighted by Crippen LogP contribution is -2.11. The molecule has 0 aliphatic rings. The van der Waals surface area contributed by atoms with Crippen LogP contribution in [0.15, 0.2) is 4.42 Å². The van der Waals surface area contributed by atoms with Gasteiger partial charge in [-0.15, -0.1) is 10.2 Å². The molecule has 6 heteroatoms. The summed E-state index contributed by atoms with van der Waals surface area (Å²) in [5, 5.41) is 15.6. The summed E-state index contributed by atoms with van der Waals surface area (Å²) >= 11 is 3.97. The highest BCUT2D eigenvalue weighted by atomic mass is 32.1. The fraction of sp³-hybridized carbons (Fsp3) is 0.500. The quantitative estimate of drug-likeness (QED) is 0.649. The van der Waals surface area contributed by atoms with E-state index >= 15 is 0 Å². The second-order valence-electron chi connectivity index (χ2n) is 2.16. The Morgan fingerprint density at radius 1 is 1.67 bits per heavy atom. The van der Waals surface area contributed by atoms with Crippen molar-refractivity contribution in [2.24, 2.45) is 5.73 Å². The minimum absolute atomic E-state index is 0.117. The maximum Gasteiger partial charge on any atom is 0.234 e. The van der Waals surface area contributed by atoms with Gasteiger partial charge in [0, 0.05) is 5.75 Å². The maximum atomic E-state index is 8.30. The van der Waals surface area contributed by atoms with Gasteiger partial charge in [0.25, 0.3) is 0 Å². The van der Waals surface area contributed by atoms with Crippen LogP contribution >= 0.6 is 12.6 Å². The van der Waals surface area contributed by atoms with Gasteiger partial charge >= 0.3 is 0 Å². The monoisotopic (exact) mass is 184 g/mol. The lowest BCUT2D eigenvalue weighted by atomic mass is 10.4. The van der Waals surface area contributed by atoms with Crippen molar-refractivity contribution in [1.82, 2.24) is 10.2 Å². The van der Waals surface area contributed by atoms with Gasteiger partial charge < -0.3 is 10.2 Å². The molecule has 2 N–H and O–H groups in total. The molecule has 1 atom stereocenters. The summed E-state index contributed by atoms with van der Waals surface area (Å²) in [4.78, 5) is 0. The Morgan fingerprint density at radius 3 is 3.00 bits per heavy atom. The van der Waals surface area contributed by atoms with Gasteiger partial charge in [-0.2, -0.15) is 17.9 Å². The molecule has 0 aliphatic carbocycles. The zero-order chi connectivity index (χ0) is 8.97. The lowest BCUT2D eigenvalue weighted by Gasteiger charge is -1.98. The van der Waals surface area contributed by atoms with E-state index in [0.29, 0.717) is 17.5 Å². The van der Waals surface area contributed by atoms with Crippen molar-refractivity contribution < 1.29 is 4.42 Å². The molecule has 0 unspecified atom stereocenters. The molecule has 1 heterocycles. The van der Waals surface area contributed by atoms with Crippen LogP contribution in [0.3, 0.4) is 0 Å². The van der Waals surface area contributed by atoms with E-state index in [-0.39, 0.29) is 12.5 Å². The second kappa shape index (κ2) is 4.09. The van der Waals surface area contributed by atoms with Gasteiger partial charge in [0.1, 0.15) is 6.42 Å². The van der Waals surface area contributed by atoms with Crippen molar-refractivity contribution in [2.75, 3.05) is 5.75 Å². The second-order valence-corrected chi connectivity index (χ2v) is 2.52. The molecule has 1 rings (SSSR count). The molecule has 64 valence electrons. The van der Waals surface area contributed by atoms with Gasteiger partial charge in [-0.25, -0.2) is 0 Å². The third-order valence-corrected chi connectivity index (χ3v) is 1.62. The number of nitrogens with two attached hydrogens (primary N) is 1. The summed E-state index contributed by atoms with van der Waals surface area (Å²) in [6.45, 7) is 0. The van der Waals surface area contributed by atoms with Crippen LogP contribution in [0.1, 0.15) is 17.8 Å². The molecular weight excluding hydrogens is 176 g/mol. The van der Waals surface area contributed by atoms with Gasteiger partial charge in [-0.05, 0) is 0 Å². The molecule has 0 saturated heterocycles. The summed E-state index contributed by atoms with van der Waals surface area (Å²) in [6.07, 6.45) is 0.117. The molecule has 0 bridgehead atoms. The highest BCUT2D eigenvalue weighted by molar-refractivity contribution is 7.80. The number of nitriles is 1. The van der Waals surface area contributed by atoms with Crippen LogP contribution in [0.5, 0.6) is 0 Å². The maximum absolute atomic E-state index is 8.30. The Morgan fingerprint density at radius 2 is 2.42 bits per heavy atom. The number of hydrogen-bond donors (Lipinski definition) is 2. The Bertz CT molecular complexity index is 292. The minimum atomic E-state index is -0.353. The van der Waals surface area contributed by atoms with Crippen LogP contribution in [-0.4, -0.2) is 16.0 Å². The van der Waals surface area contributed by atoms with Crippen LogP contribution in [0, 0.1) is 11.3 Å². The predicted octanol–water partition coefficient (Wildman–Crippen LogP) is 0.0653. The van der Waals surface area contributed by atoms with Crippen molar-refractivity contribution in [3.63, 3.8) is 0 Å². The number of nitrogens with zero attached hydrogens (tertiary/aromatic N) is 3. The van der Waals surface area contributed by atoms with Crippen LogP contribution in [-0.2, 0) is 6.42 Å². The van der Waals surface area contributed by atoms with E-state index in [1.165, 1.54) is 0 Å².